The van der Waals surface area contributed by atoms with Gasteiger partial charge in [-0.3, -0.25) is 0 Å². The Bertz CT molecular complexity index is 218. The van der Waals surface area contributed by atoms with Gasteiger partial charge in [0.15, 0.2) is 11.9 Å². The number of aromatic nitrogens is 1. The lowest BCUT2D eigenvalue weighted by Gasteiger charge is -1.92. The second kappa shape index (κ2) is 2.05. The van der Waals surface area contributed by atoms with Crippen LogP contribution in [0.5, 0.6) is 0 Å². The minimum absolute atomic E-state index is 0.825. The van der Waals surface area contributed by atoms with Gasteiger partial charge in [0.1, 0.15) is 7.05 Å². The summed E-state index contributed by atoms with van der Waals surface area (Å²) in [6, 6.07) is 3.83. The highest BCUT2D eigenvalue weighted by molar-refractivity contribution is 5.34. The normalized spacial score (nSPS) is 9.56. The van der Waals surface area contributed by atoms with Crippen LogP contribution >= 0.6 is 0 Å². The van der Waals surface area contributed by atoms with Gasteiger partial charge >= 0.3 is 0 Å². The Balaban J connectivity index is 3.17. The van der Waals surface area contributed by atoms with Crippen LogP contribution in [0.4, 0.5) is 5.69 Å². The van der Waals surface area contributed by atoms with Crippen LogP contribution in [-0.4, -0.2) is 0 Å². The molecule has 2 nitrogen and oxygen atoms in total. The maximum Gasteiger partial charge on any atom is 0.180 e. The zero-order valence-electron chi connectivity index (χ0n) is 5.76. The summed E-state index contributed by atoms with van der Waals surface area (Å²) >= 11 is 0. The van der Waals surface area contributed by atoms with E-state index in [1.54, 1.807) is 0 Å². The second-order valence-corrected chi connectivity index (χ2v) is 2.21. The first kappa shape index (κ1) is 6.08. The molecule has 0 aliphatic rings. The summed E-state index contributed by atoms with van der Waals surface area (Å²) < 4.78 is 2.02. The molecular weight excluding hydrogens is 112 g/mol. The molecule has 2 N–H and O–H groups in total. The van der Waals surface area contributed by atoms with E-state index < -0.39 is 0 Å². The molecule has 0 spiro atoms. The minimum Gasteiger partial charge on any atom is -0.398 e. The number of nitrogens with zero attached hydrogens (tertiary/aromatic N) is 1. The highest BCUT2D eigenvalue weighted by Crippen LogP contribution is 1.97. The van der Waals surface area contributed by atoms with E-state index in [2.05, 4.69) is 0 Å². The molecule has 0 unspecified atom stereocenters. The zero-order chi connectivity index (χ0) is 6.85. The summed E-state index contributed by atoms with van der Waals surface area (Å²) in [6.07, 6.45) is 1.95. The molecular formula is C7H11N2+. The van der Waals surface area contributed by atoms with E-state index in [0.717, 1.165) is 5.69 Å². The maximum absolute atomic E-state index is 5.51. The van der Waals surface area contributed by atoms with Crippen molar-refractivity contribution in [1.82, 2.24) is 0 Å². The summed E-state index contributed by atoms with van der Waals surface area (Å²) in [5.41, 5.74) is 7.51. The van der Waals surface area contributed by atoms with Crippen molar-refractivity contribution < 1.29 is 4.57 Å². The summed E-state index contributed by atoms with van der Waals surface area (Å²) in [5.74, 6) is 0. The Hall–Kier alpha value is -1.05. The smallest absolute Gasteiger partial charge is 0.180 e. The molecule has 0 fully saturated rings. The molecule has 0 atom stereocenters. The standard InChI is InChI=1S/C7H10N2/c1-6-5-7(8)3-4-9(6)2/h3-5,8H,1-2H3/p+1. The first-order valence-corrected chi connectivity index (χ1v) is 2.92. The van der Waals surface area contributed by atoms with E-state index in [-0.39, 0.29) is 0 Å². The van der Waals surface area contributed by atoms with Gasteiger partial charge < -0.3 is 5.73 Å². The average Bonchev–Trinajstić information content (AvgIpc) is 1.80. The average molecular weight is 123 g/mol. The fraction of sp³-hybridized carbons (Fsp3) is 0.286. The molecule has 0 radical (unpaired) electrons. The molecule has 0 aromatic carbocycles. The Morgan fingerprint density at radius 3 is 2.67 bits per heavy atom. The topological polar surface area (TPSA) is 29.9 Å². The largest absolute Gasteiger partial charge is 0.398 e. The van der Waals surface area contributed by atoms with Gasteiger partial charge in [-0.15, -0.1) is 0 Å². The predicted octanol–water partition coefficient (Wildman–Crippen LogP) is 0.402. The quantitative estimate of drug-likeness (QED) is 0.497. The van der Waals surface area contributed by atoms with Crippen LogP contribution in [0.15, 0.2) is 18.3 Å². The Morgan fingerprint density at radius 1 is 1.56 bits per heavy atom. The van der Waals surface area contributed by atoms with E-state index in [9.17, 15) is 0 Å². The van der Waals surface area contributed by atoms with Crippen molar-refractivity contribution in [2.75, 3.05) is 5.73 Å². The van der Waals surface area contributed by atoms with Crippen molar-refractivity contribution in [3.63, 3.8) is 0 Å². The van der Waals surface area contributed by atoms with Crippen LogP contribution in [0.25, 0.3) is 0 Å². The first-order valence-electron chi connectivity index (χ1n) is 2.92. The third-order valence-corrected chi connectivity index (χ3v) is 1.42. The fourth-order valence-corrected chi connectivity index (χ4v) is 0.707. The van der Waals surface area contributed by atoms with Crippen LogP contribution in [-0.2, 0) is 7.05 Å². The van der Waals surface area contributed by atoms with E-state index in [1.807, 2.05) is 36.9 Å². The number of nitrogen functional groups attached to an aromatic ring is 1. The molecule has 1 heterocycles. The van der Waals surface area contributed by atoms with Crippen LogP contribution in [0.2, 0.25) is 0 Å². The molecule has 1 aromatic rings. The number of hydrogen-bond acceptors (Lipinski definition) is 1. The molecule has 9 heavy (non-hydrogen) atoms. The Morgan fingerprint density at radius 2 is 2.22 bits per heavy atom. The molecule has 0 aliphatic heterocycles. The molecule has 0 bridgehead atoms. The second-order valence-electron chi connectivity index (χ2n) is 2.21. The van der Waals surface area contributed by atoms with Gasteiger partial charge in [0.05, 0.1) is 0 Å². The molecule has 0 saturated heterocycles. The van der Waals surface area contributed by atoms with E-state index >= 15 is 0 Å². The van der Waals surface area contributed by atoms with Crippen molar-refractivity contribution in [3.05, 3.63) is 24.0 Å². The third kappa shape index (κ3) is 1.19. The fourth-order valence-electron chi connectivity index (χ4n) is 0.707. The minimum atomic E-state index is 0.825. The summed E-state index contributed by atoms with van der Waals surface area (Å²) in [5, 5.41) is 0. The Kier molecular flexibility index (Phi) is 1.39. The highest BCUT2D eigenvalue weighted by Gasteiger charge is 1.96. The molecule has 1 rings (SSSR count). The first-order chi connectivity index (χ1) is 4.20. The molecule has 0 aliphatic carbocycles. The van der Waals surface area contributed by atoms with Gasteiger partial charge in [0.2, 0.25) is 0 Å². The van der Waals surface area contributed by atoms with E-state index in [4.69, 9.17) is 5.73 Å². The molecule has 0 saturated carbocycles. The van der Waals surface area contributed by atoms with Crippen molar-refractivity contribution in [1.29, 1.82) is 0 Å². The zero-order valence-corrected chi connectivity index (χ0v) is 5.76. The number of hydrogen-bond donors (Lipinski definition) is 1. The number of anilines is 1. The van der Waals surface area contributed by atoms with Gasteiger partial charge in [0, 0.05) is 24.7 Å². The summed E-state index contributed by atoms with van der Waals surface area (Å²) in [6.45, 7) is 2.02. The lowest BCUT2D eigenvalue weighted by molar-refractivity contribution is -0.677. The SMILES string of the molecule is Cc1cc(N)cc[n+]1C. The number of rotatable bonds is 0. The van der Waals surface area contributed by atoms with Gasteiger partial charge in [-0.2, -0.15) is 0 Å². The van der Waals surface area contributed by atoms with Crippen LogP contribution in [0.1, 0.15) is 5.69 Å². The van der Waals surface area contributed by atoms with Crippen molar-refractivity contribution >= 4 is 5.69 Å². The number of aryl methyl sites for hydroxylation is 2. The van der Waals surface area contributed by atoms with Crippen molar-refractivity contribution in [3.8, 4) is 0 Å². The van der Waals surface area contributed by atoms with E-state index in [1.165, 1.54) is 5.69 Å². The summed E-state index contributed by atoms with van der Waals surface area (Å²) in [4.78, 5) is 0. The number of pyridine rings is 1. The predicted molar refractivity (Wildman–Crippen MR) is 36.8 cm³/mol. The van der Waals surface area contributed by atoms with Crippen molar-refractivity contribution in [2.24, 2.45) is 7.05 Å². The van der Waals surface area contributed by atoms with Crippen LogP contribution in [0, 0.1) is 6.92 Å². The van der Waals surface area contributed by atoms with Gasteiger partial charge in [-0.05, 0) is 0 Å². The highest BCUT2D eigenvalue weighted by atomic mass is 14.9. The van der Waals surface area contributed by atoms with Crippen molar-refractivity contribution in [2.45, 2.75) is 6.92 Å². The van der Waals surface area contributed by atoms with Gasteiger partial charge in [-0.25, -0.2) is 4.57 Å². The lowest BCUT2D eigenvalue weighted by Crippen LogP contribution is -2.30. The summed E-state index contributed by atoms with van der Waals surface area (Å²) in [7, 11) is 1.99. The van der Waals surface area contributed by atoms with Gasteiger partial charge in [0.25, 0.3) is 0 Å². The maximum atomic E-state index is 5.51. The molecule has 2 heteroatoms. The number of nitrogens with two attached hydrogens (primary N) is 1. The van der Waals surface area contributed by atoms with E-state index in [0.29, 0.717) is 0 Å². The van der Waals surface area contributed by atoms with Gasteiger partial charge in [-0.1, -0.05) is 0 Å². The monoisotopic (exact) mass is 123 g/mol. The van der Waals surface area contributed by atoms with Crippen LogP contribution < -0.4 is 10.3 Å². The Labute approximate surface area is 54.9 Å². The third-order valence-electron chi connectivity index (χ3n) is 1.42. The molecule has 48 valence electrons. The molecule has 1 aromatic heterocycles. The van der Waals surface area contributed by atoms with Crippen LogP contribution in [0.3, 0.4) is 0 Å². The molecule has 0 amide bonds. The lowest BCUT2D eigenvalue weighted by atomic mass is 10.3.